The number of nitrogens with zero attached hydrogens (tertiary/aromatic N) is 4. The van der Waals surface area contributed by atoms with Gasteiger partial charge in [-0.15, -0.1) is 0 Å². The summed E-state index contributed by atoms with van der Waals surface area (Å²) in [5, 5.41) is 4.11. The average molecular weight is 709 g/mol. The molecule has 3 aromatic rings. The Kier molecular flexibility index (Phi) is 13.6. The third kappa shape index (κ3) is 12.0. The van der Waals surface area contributed by atoms with Crippen LogP contribution in [0.25, 0.3) is 0 Å². The van der Waals surface area contributed by atoms with Crippen molar-refractivity contribution in [3.63, 3.8) is 0 Å². The van der Waals surface area contributed by atoms with Crippen LogP contribution >= 0.6 is 11.9 Å². The molecule has 0 aliphatic carbocycles. The number of carbonyl (C=O) groups excluding carboxylic acids is 2. The molecule has 3 aromatic heterocycles. The van der Waals surface area contributed by atoms with Crippen molar-refractivity contribution >= 4 is 30.1 Å². The second kappa shape index (κ2) is 16.6. The highest BCUT2D eigenvalue weighted by molar-refractivity contribution is 7.97. The lowest BCUT2D eigenvalue weighted by atomic mass is 9.87. The number of amides is 2. The Balaban J connectivity index is 0.00000103. The first-order chi connectivity index (χ1) is 23.1. The van der Waals surface area contributed by atoms with Crippen molar-refractivity contribution in [3.8, 4) is 0 Å². The summed E-state index contributed by atoms with van der Waals surface area (Å²) in [5.41, 5.74) is 2.10. The van der Waals surface area contributed by atoms with Crippen LogP contribution in [0.3, 0.4) is 0 Å². The van der Waals surface area contributed by atoms with E-state index in [4.69, 9.17) is 14.7 Å². The van der Waals surface area contributed by atoms with Gasteiger partial charge in [0.25, 0.3) is 5.91 Å². The fourth-order valence-electron chi connectivity index (χ4n) is 5.45. The summed E-state index contributed by atoms with van der Waals surface area (Å²) >= 11 is 1.02. The van der Waals surface area contributed by atoms with Gasteiger partial charge in [0.15, 0.2) is 0 Å². The van der Waals surface area contributed by atoms with E-state index in [9.17, 15) is 14.0 Å². The monoisotopic (exact) mass is 708 g/mol. The minimum Gasteiger partial charge on any atom is -0.379 e. The van der Waals surface area contributed by atoms with Gasteiger partial charge in [-0.3, -0.25) is 19.3 Å². The zero-order chi connectivity index (χ0) is 37.5. The van der Waals surface area contributed by atoms with Crippen LogP contribution in [0.2, 0.25) is 0 Å². The van der Waals surface area contributed by atoms with E-state index in [-0.39, 0.29) is 33.6 Å². The second-order valence-electron chi connectivity index (χ2n) is 16.6. The third-order valence-electron chi connectivity index (χ3n) is 8.79. The SMILES string of the molecule is CC(C)(C)c1ccc(C(CCC2CN(C=O)C(C)(C)C2)Nc2cccc(SNC(=O)c3ccc(C(C)(C)C)nc3F)n2)nc1.COC(C)(C)C. The molecule has 2 amide bonds. The number of hydrogen-bond donors (Lipinski definition) is 2. The van der Waals surface area contributed by atoms with Gasteiger partial charge in [0.05, 0.1) is 22.9 Å². The number of anilines is 1. The number of carbonyl (C=O) groups is 2. The lowest BCUT2D eigenvalue weighted by Crippen LogP contribution is -2.36. The van der Waals surface area contributed by atoms with Gasteiger partial charge in [0.2, 0.25) is 12.4 Å². The van der Waals surface area contributed by atoms with Gasteiger partial charge in [-0.2, -0.15) is 4.39 Å². The number of rotatable bonds is 10. The van der Waals surface area contributed by atoms with E-state index in [0.717, 1.165) is 55.4 Å². The van der Waals surface area contributed by atoms with Crippen molar-refractivity contribution in [2.75, 3.05) is 19.0 Å². The van der Waals surface area contributed by atoms with E-state index < -0.39 is 11.9 Å². The number of nitrogens with one attached hydrogen (secondary N) is 2. The van der Waals surface area contributed by atoms with Crippen LogP contribution in [0.15, 0.2) is 53.7 Å². The lowest BCUT2D eigenvalue weighted by Gasteiger charge is -2.27. The zero-order valence-corrected chi connectivity index (χ0v) is 32.8. The number of hydrogen-bond acceptors (Lipinski definition) is 8. The van der Waals surface area contributed by atoms with Crippen molar-refractivity contribution in [1.29, 1.82) is 0 Å². The summed E-state index contributed by atoms with van der Waals surface area (Å²) in [6, 6.07) is 12.8. The number of ether oxygens (including phenoxy) is 1. The first-order valence-corrected chi connectivity index (χ1v) is 18.1. The molecule has 2 N–H and O–H groups in total. The van der Waals surface area contributed by atoms with E-state index in [1.54, 1.807) is 19.2 Å². The number of halogens is 1. The minimum atomic E-state index is -0.798. The fraction of sp³-hybridized carbons (Fsp3) is 0.564. The van der Waals surface area contributed by atoms with Crippen molar-refractivity contribution in [3.05, 3.63) is 77.1 Å². The third-order valence-corrected chi connectivity index (χ3v) is 9.51. The standard InChI is InChI=1S/C34H45FN6O2S.C5H12O/c1-32(2,3)23-13-16-25(36-19-23)26(15-12-22-18-34(7,8)41(20-22)21-42)37-28-10-9-11-29(39-28)44-40-31(43)24-14-17-27(33(4,5)6)38-30(24)35;1-5(2,3)6-4/h9-11,13-14,16-17,19,21-22,26H,12,15,18,20H2,1-8H3,(H,37,39)(H,40,43);1-4H3. The first kappa shape index (κ1) is 40.9. The quantitative estimate of drug-likeness (QED) is 0.122. The lowest BCUT2D eigenvalue weighted by molar-refractivity contribution is -0.120. The Hall–Kier alpha value is -3.57. The fourth-order valence-corrected chi connectivity index (χ4v) is 6.05. The molecular formula is C39H57FN6O3S. The number of pyridine rings is 3. The topological polar surface area (TPSA) is 109 Å². The second-order valence-corrected chi connectivity index (χ2v) is 17.5. The summed E-state index contributed by atoms with van der Waals surface area (Å²) in [5.74, 6) is -0.343. The molecule has 50 heavy (non-hydrogen) atoms. The Labute approximate surface area is 303 Å². The molecule has 1 aliphatic rings. The Bertz CT molecular complexity index is 1580. The predicted octanol–water partition coefficient (Wildman–Crippen LogP) is 8.66. The first-order valence-electron chi connectivity index (χ1n) is 17.2. The molecule has 4 heterocycles. The summed E-state index contributed by atoms with van der Waals surface area (Å²) < 4.78 is 22.3. The van der Waals surface area contributed by atoms with E-state index in [2.05, 4.69) is 61.8 Å². The molecule has 1 aliphatic heterocycles. The van der Waals surface area contributed by atoms with Gasteiger partial charge in [-0.05, 0) is 101 Å². The molecule has 1 fully saturated rings. The molecule has 11 heteroatoms. The number of aromatic nitrogens is 3. The van der Waals surface area contributed by atoms with Gasteiger partial charge in [-0.25, -0.2) is 9.97 Å². The molecule has 0 aromatic carbocycles. The molecule has 0 radical (unpaired) electrons. The van der Waals surface area contributed by atoms with Crippen molar-refractivity contribution in [1.82, 2.24) is 24.6 Å². The molecule has 9 nitrogen and oxygen atoms in total. The maximum atomic E-state index is 14.7. The maximum absolute atomic E-state index is 14.7. The van der Waals surface area contributed by atoms with Crippen LogP contribution in [-0.2, 0) is 20.4 Å². The van der Waals surface area contributed by atoms with Crippen LogP contribution in [0, 0.1) is 11.9 Å². The largest absolute Gasteiger partial charge is 0.379 e. The van der Waals surface area contributed by atoms with Gasteiger partial charge < -0.3 is 15.0 Å². The highest BCUT2D eigenvalue weighted by Gasteiger charge is 2.37. The maximum Gasteiger partial charge on any atom is 0.266 e. The predicted molar refractivity (Wildman–Crippen MR) is 201 cm³/mol. The summed E-state index contributed by atoms with van der Waals surface area (Å²) in [6.07, 6.45) is 5.58. The van der Waals surface area contributed by atoms with Gasteiger partial charge >= 0.3 is 0 Å². The summed E-state index contributed by atoms with van der Waals surface area (Å²) in [4.78, 5) is 39.8. The van der Waals surface area contributed by atoms with E-state index in [0.29, 0.717) is 22.5 Å². The Morgan fingerprint density at radius 1 is 1.04 bits per heavy atom. The summed E-state index contributed by atoms with van der Waals surface area (Å²) in [6.45, 7) is 23.3. The van der Waals surface area contributed by atoms with E-state index in [1.165, 1.54) is 6.07 Å². The highest BCUT2D eigenvalue weighted by Crippen LogP contribution is 2.36. The van der Waals surface area contributed by atoms with Crippen LogP contribution < -0.4 is 10.0 Å². The van der Waals surface area contributed by atoms with Crippen LogP contribution in [0.4, 0.5) is 10.2 Å². The van der Waals surface area contributed by atoms with Gasteiger partial charge in [0, 0.05) is 48.4 Å². The Morgan fingerprint density at radius 3 is 2.24 bits per heavy atom. The van der Waals surface area contributed by atoms with Crippen molar-refractivity contribution in [2.24, 2.45) is 5.92 Å². The molecule has 4 rings (SSSR count). The van der Waals surface area contributed by atoms with Gasteiger partial charge in [-0.1, -0.05) is 53.7 Å². The highest BCUT2D eigenvalue weighted by atomic mass is 32.2. The molecule has 1 saturated heterocycles. The number of likely N-dealkylation sites (tertiary alicyclic amines) is 1. The molecule has 0 spiro atoms. The normalized spacial score (nSPS) is 16.7. The molecular weight excluding hydrogens is 652 g/mol. The minimum absolute atomic E-state index is 0.00662. The van der Waals surface area contributed by atoms with Crippen molar-refractivity contribution < 1.29 is 18.7 Å². The smallest absolute Gasteiger partial charge is 0.266 e. The van der Waals surface area contributed by atoms with E-state index >= 15 is 0 Å². The molecule has 2 unspecified atom stereocenters. The molecule has 0 bridgehead atoms. The van der Waals surface area contributed by atoms with Crippen LogP contribution in [-0.4, -0.2) is 57.0 Å². The molecule has 0 saturated carbocycles. The van der Waals surface area contributed by atoms with Crippen molar-refractivity contribution in [2.45, 2.75) is 128 Å². The van der Waals surface area contributed by atoms with Crippen LogP contribution in [0.1, 0.15) is 129 Å². The average Bonchev–Trinajstić information content (AvgIpc) is 3.34. The molecule has 274 valence electrons. The van der Waals surface area contributed by atoms with E-state index in [1.807, 2.05) is 64.8 Å². The van der Waals surface area contributed by atoms with Gasteiger partial charge in [0.1, 0.15) is 10.8 Å². The molecule has 2 atom stereocenters. The zero-order valence-electron chi connectivity index (χ0n) is 32.0. The van der Waals surface area contributed by atoms with Crippen LogP contribution in [0.5, 0.6) is 0 Å². The summed E-state index contributed by atoms with van der Waals surface area (Å²) in [7, 11) is 1.71. The Morgan fingerprint density at radius 2 is 1.72 bits per heavy atom. The number of methoxy groups -OCH3 is 1.